The van der Waals surface area contributed by atoms with Gasteiger partial charge >= 0.3 is 0 Å². The first kappa shape index (κ1) is 18.0. The van der Waals surface area contributed by atoms with E-state index in [0.29, 0.717) is 33.0 Å². The molecule has 0 saturated heterocycles. The van der Waals surface area contributed by atoms with Gasteiger partial charge in [-0.25, -0.2) is 9.97 Å². The lowest BCUT2D eigenvalue weighted by Gasteiger charge is -2.10. The van der Waals surface area contributed by atoms with Crippen LogP contribution in [0.15, 0.2) is 54.9 Å². The maximum absolute atomic E-state index is 12.4. The number of benzene rings is 2. The molecule has 26 heavy (non-hydrogen) atoms. The summed E-state index contributed by atoms with van der Waals surface area (Å²) in [6.07, 6.45) is 1.29. The van der Waals surface area contributed by atoms with Crippen molar-refractivity contribution in [2.75, 3.05) is 17.7 Å². The third-order valence-corrected chi connectivity index (χ3v) is 3.98. The Morgan fingerprint density at radius 2 is 1.92 bits per heavy atom. The molecule has 0 radical (unpaired) electrons. The molecule has 0 aliphatic carbocycles. The van der Waals surface area contributed by atoms with E-state index in [4.69, 9.17) is 27.9 Å². The first-order valence-corrected chi connectivity index (χ1v) is 8.30. The lowest BCUT2D eigenvalue weighted by atomic mass is 10.2. The van der Waals surface area contributed by atoms with Crippen molar-refractivity contribution in [2.45, 2.75) is 0 Å². The van der Waals surface area contributed by atoms with E-state index in [1.54, 1.807) is 49.6 Å². The molecule has 0 aliphatic heterocycles. The van der Waals surface area contributed by atoms with E-state index in [0.717, 1.165) is 0 Å². The molecule has 0 fully saturated rings. The molecule has 6 nitrogen and oxygen atoms in total. The van der Waals surface area contributed by atoms with Crippen molar-refractivity contribution in [1.82, 2.24) is 9.97 Å². The number of anilines is 3. The monoisotopic (exact) mass is 388 g/mol. The Bertz CT molecular complexity index is 950. The quantitative estimate of drug-likeness (QED) is 0.656. The fraction of sp³-hybridized carbons (Fsp3) is 0.0556. The Labute approximate surface area is 160 Å². The van der Waals surface area contributed by atoms with Crippen molar-refractivity contribution in [2.24, 2.45) is 0 Å². The van der Waals surface area contributed by atoms with Gasteiger partial charge in [-0.1, -0.05) is 29.3 Å². The number of amides is 1. The van der Waals surface area contributed by atoms with Crippen LogP contribution in [0.5, 0.6) is 5.75 Å². The largest absolute Gasteiger partial charge is 0.497 e. The second-order valence-corrected chi connectivity index (χ2v) is 6.07. The van der Waals surface area contributed by atoms with Crippen molar-refractivity contribution >= 4 is 46.3 Å². The molecule has 0 aliphatic rings. The molecule has 0 bridgehead atoms. The molecule has 1 amide bonds. The molecule has 2 N–H and O–H groups in total. The first-order chi connectivity index (χ1) is 12.5. The van der Waals surface area contributed by atoms with E-state index in [2.05, 4.69) is 20.6 Å². The maximum atomic E-state index is 12.4. The molecular formula is C18H14Cl2N4O2. The lowest BCUT2D eigenvalue weighted by Crippen LogP contribution is -2.14. The van der Waals surface area contributed by atoms with Gasteiger partial charge in [0.05, 0.1) is 17.8 Å². The molecule has 0 saturated carbocycles. The van der Waals surface area contributed by atoms with E-state index in [1.807, 2.05) is 0 Å². The summed E-state index contributed by atoms with van der Waals surface area (Å²) >= 11 is 12.1. The number of carbonyl (C=O) groups excluding carboxylic acids is 1. The number of hydrogen-bond donors (Lipinski definition) is 2. The Hall–Kier alpha value is -2.83. The smallest absolute Gasteiger partial charge is 0.274 e. The molecule has 0 spiro atoms. The molecular weight excluding hydrogens is 375 g/mol. The van der Waals surface area contributed by atoms with E-state index in [1.165, 1.54) is 12.4 Å². The predicted octanol–water partition coefficient (Wildman–Crippen LogP) is 4.79. The molecule has 3 aromatic rings. The number of carbonyl (C=O) groups is 1. The zero-order chi connectivity index (χ0) is 18.5. The summed E-state index contributed by atoms with van der Waals surface area (Å²) in [5.41, 5.74) is 1.38. The van der Waals surface area contributed by atoms with Gasteiger partial charge in [-0.2, -0.15) is 0 Å². The molecule has 0 atom stereocenters. The van der Waals surface area contributed by atoms with Crippen LogP contribution in [0.4, 0.5) is 17.2 Å². The number of aromatic nitrogens is 2. The second kappa shape index (κ2) is 8.03. The van der Waals surface area contributed by atoms with Gasteiger partial charge in [0, 0.05) is 22.8 Å². The van der Waals surface area contributed by atoms with Crippen LogP contribution in [0.25, 0.3) is 0 Å². The van der Waals surface area contributed by atoms with Gasteiger partial charge in [0.1, 0.15) is 23.6 Å². The molecule has 1 aromatic heterocycles. The minimum absolute atomic E-state index is 0.198. The summed E-state index contributed by atoms with van der Waals surface area (Å²) < 4.78 is 5.14. The number of nitrogens with one attached hydrogen (secondary N) is 2. The summed E-state index contributed by atoms with van der Waals surface area (Å²) in [7, 11) is 1.56. The minimum Gasteiger partial charge on any atom is -0.497 e. The van der Waals surface area contributed by atoms with Crippen molar-refractivity contribution in [3.05, 3.63) is 70.6 Å². The van der Waals surface area contributed by atoms with Crippen LogP contribution in [0.1, 0.15) is 10.5 Å². The normalized spacial score (nSPS) is 10.3. The molecule has 1 heterocycles. The number of ether oxygens (including phenoxy) is 1. The zero-order valence-electron chi connectivity index (χ0n) is 13.7. The third kappa shape index (κ3) is 4.41. The van der Waals surface area contributed by atoms with E-state index < -0.39 is 0 Å². The summed E-state index contributed by atoms with van der Waals surface area (Å²) in [5.74, 6) is 0.685. The fourth-order valence-corrected chi connectivity index (χ4v) is 2.51. The number of rotatable bonds is 5. The number of nitrogens with zero attached hydrogens (tertiary/aromatic N) is 2. The van der Waals surface area contributed by atoms with Crippen LogP contribution in [0.3, 0.4) is 0 Å². The SMILES string of the molecule is COc1cccc(NC(=O)c2cc(Nc3cc(Cl)ccc3Cl)ncn2)c1. The Morgan fingerprint density at radius 1 is 1.08 bits per heavy atom. The lowest BCUT2D eigenvalue weighted by molar-refractivity contribution is 0.102. The topological polar surface area (TPSA) is 76.1 Å². The molecule has 3 rings (SSSR count). The Morgan fingerprint density at radius 3 is 2.73 bits per heavy atom. The van der Waals surface area contributed by atoms with Crippen LogP contribution in [0.2, 0.25) is 10.0 Å². The van der Waals surface area contributed by atoms with Gasteiger partial charge < -0.3 is 15.4 Å². The average molecular weight is 389 g/mol. The van der Waals surface area contributed by atoms with Gasteiger partial charge in [-0.05, 0) is 30.3 Å². The molecule has 2 aromatic carbocycles. The standard InChI is InChI=1S/C18H14Cl2N4O2/c1-26-13-4-2-3-12(8-13)23-18(25)16-9-17(22-10-21-16)24-15-7-11(19)5-6-14(15)20/h2-10H,1H3,(H,23,25)(H,21,22,24). The van der Waals surface area contributed by atoms with E-state index in [-0.39, 0.29) is 11.6 Å². The highest BCUT2D eigenvalue weighted by atomic mass is 35.5. The van der Waals surface area contributed by atoms with Crippen molar-refractivity contribution in [3.8, 4) is 5.75 Å². The summed E-state index contributed by atoms with van der Waals surface area (Å²) in [4.78, 5) is 20.5. The third-order valence-electron chi connectivity index (χ3n) is 3.42. The van der Waals surface area contributed by atoms with Gasteiger partial charge in [0.15, 0.2) is 0 Å². The zero-order valence-corrected chi connectivity index (χ0v) is 15.2. The first-order valence-electron chi connectivity index (χ1n) is 7.54. The Kier molecular flexibility index (Phi) is 5.55. The maximum Gasteiger partial charge on any atom is 0.274 e. The number of halogens is 2. The fourth-order valence-electron chi connectivity index (χ4n) is 2.18. The molecule has 0 unspecified atom stereocenters. The summed E-state index contributed by atoms with van der Waals surface area (Å²) in [6.45, 7) is 0. The molecule has 8 heteroatoms. The van der Waals surface area contributed by atoms with E-state index in [9.17, 15) is 4.79 Å². The van der Waals surface area contributed by atoms with Crippen LogP contribution >= 0.6 is 23.2 Å². The van der Waals surface area contributed by atoms with Crippen LogP contribution < -0.4 is 15.4 Å². The van der Waals surface area contributed by atoms with Crippen molar-refractivity contribution < 1.29 is 9.53 Å². The van der Waals surface area contributed by atoms with Gasteiger partial charge in [-0.3, -0.25) is 4.79 Å². The van der Waals surface area contributed by atoms with Crippen molar-refractivity contribution in [1.29, 1.82) is 0 Å². The predicted molar refractivity (Wildman–Crippen MR) is 103 cm³/mol. The van der Waals surface area contributed by atoms with Crippen LogP contribution in [-0.2, 0) is 0 Å². The van der Waals surface area contributed by atoms with Crippen LogP contribution in [-0.4, -0.2) is 23.0 Å². The summed E-state index contributed by atoms with van der Waals surface area (Å²) in [5, 5.41) is 6.79. The van der Waals surface area contributed by atoms with Gasteiger partial charge in [0.2, 0.25) is 0 Å². The number of hydrogen-bond acceptors (Lipinski definition) is 5. The van der Waals surface area contributed by atoms with Gasteiger partial charge in [0.25, 0.3) is 5.91 Å². The Balaban J connectivity index is 1.77. The van der Waals surface area contributed by atoms with Crippen LogP contribution in [0, 0.1) is 0 Å². The highest BCUT2D eigenvalue weighted by Gasteiger charge is 2.11. The molecule has 132 valence electrons. The second-order valence-electron chi connectivity index (χ2n) is 5.22. The number of methoxy groups -OCH3 is 1. The highest BCUT2D eigenvalue weighted by Crippen LogP contribution is 2.28. The van der Waals surface area contributed by atoms with Gasteiger partial charge in [-0.15, -0.1) is 0 Å². The highest BCUT2D eigenvalue weighted by molar-refractivity contribution is 6.35. The summed E-state index contributed by atoms with van der Waals surface area (Å²) in [6, 6.07) is 13.6. The minimum atomic E-state index is -0.374. The average Bonchev–Trinajstić information content (AvgIpc) is 2.65. The van der Waals surface area contributed by atoms with E-state index >= 15 is 0 Å². The van der Waals surface area contributed by atoms with Crippen molar-refractivity contribution in [3.63, 3.8) is 0 Å².